The van der Waals surface area contributed by atoms with E-state index in [4.69, 9.17) is 5.11 Å². The second kappa shape index (κ2) is 7.51. The number of nitrogens with zero attached hydrogens (tertiary/aromatic N) is 1. The van der Waals surface area contributed by atoms with Gasteiger partial charge < -0.3 is 15.3 Å². The number of carboxylic acid groups (broad SMARTS) is 1. The van der Waals surface area contributed by atoms with Crippen LogP contribution in [0, 0.1) is 5.92 Å². The summed E-state index contributed by atoms with van der Waals surface area (Å²) >= 11 is 0. The number of carboxylic acids is 1. The van der Waals surface area contributed by atoms with E-state index >= 15 is 0 Å². The van der Waals surface area contributed by atoms with E-state index in [0.717, 1.165) is 12.8 Å². The molecule has 1 fully saturated rings. The summed E-state index contributed by atoms with van der Waals surface area (Å²) in [5.74, 6) is -0.783. The van der Waals surface area contributed by atoms with Gasteiger partial charge in [0.05, 0.1) is 6.42 Å². The van der Waals surface area contributed by atoms with Crippen LogP contribution in [0.1, 0.15) is 39.0 Å². The van der Waals surface area contributed by atoms with Crippen molar-refractivity contribution in [2.75, 3.05) is 13.1 Å². The Bertz CT molecular complexity index is 374. The normalized spacial score (nSPS) is 21.0. The minimum atomic E-state index is -4.31. The number of nitrogens with one attached hydrogen (secondary N) is 1. The first-order valence-corrected chi connectivity index (χ1v) is 7.01. The second-order valence-corrected chi connectivity index (χ2v) is 5.56. The molecule has 8 heteroatoms. The SMILES string of the molecule is CC(CC(F)(F)F)NC(=O)N1CCCC(CCC(=O)O)C1. The molecule has 1 heterocycles. The Morgan fingerprint density at radius 2 is 2.10 bits per heavy atom. The van der Waals surface area contributed by atoms with Gasteiger partial charge in [-0.15, -0.1) is 0 Å². The molecule has 122 valence electrons. The first-order chi connectivity index (χ1) is 9.67. The fraction of sp³-hybridized carbons (Fsp3) is 0.846. The van der Waals surface area contributed by atoms with Crippen LogP contribution >= 0.6 is 0 Å². The molecule has 0 saturated carbocycles. The summed E-state index contributed by atoms with van der Waals surface area (Å²) in [4.78, 5) is 23.9. The molecule has 21 heavy (non-hydrogen) atoms. The van der Waals surface area contributed by atoms with Gasteiger partial charge in [0.1, 0.15) is 0 Å². The number of carbonyl (C=O) groups excluding carboxylic acids is 1. The number of halogens is 3. The van der Waals surface area contributed by atoms with E-state index in [2.05, 4.69) is 5.32 Å². The van der Waals surface area contributed by atoms with Gasteiger partial charge in [0, 0.05) is 25.6 Å². The minimum Gasteiger partial charge on any atom is -0.481 e. The maximum Gasteiger partial charge on any atom is 0.391 e. The Hall–Kier alpha value is -1.47. The first-order valence-electron chi connectivity index (χ1n) is 7.01. The van der Waals surface area contributed by atoms with E-state index in [1.165, 1.54) is 11.8 Å². The van der Waals surface area contributed by atoms with Gasteiger partial charge in [-0.1, -0.05) is 0 Å². The summed E-state index contributed by atoms with van der Waals surface area (Å²) in [6, 6.07) is -1.48. The average molecular weight is 310 g/mol. The third kappa shape index (κ3) is 7.19. The third-order valence-corrected chi connectivity index (χ3v) is 3.48. The van der Waals surface area contributed by atoms with Crippen molar-refractivity contribution in [1.29, 1.82) is 0 Å². The predicted molar refractivity (Wildman–Crippen MR) is 69.8 cm³/mol. The van der Waals surface area contributed by atoms with Crippen molar-refractivity contribution < 1.29 is 27.9 Å². The van der Waals surface area contributed by atoms with E-state index in [1.807, 2.05) is 0 Å². The highest BCUT2D eigenvalue weighted by Gasteiger charge is 2.32. The molecular weight excluding hydrogens is 289 g/mol. The molecular formula is C13H21F3N2O3. The number of hydrogen-bond acceptors (Lipinski definition) is 2. The molecule has 2 atom stereocenters. The fourth-order valence-corrected chi connectivity index (χ4v) is 2.51. The Labute approximate surface area is 121 Å². The molecule has 1 rings (SSSR count). The van der Waals surface area contributed by atoms with Crippen LogP contribution in [-0.2, 0) is 4.79 Å². The predicted octanol–water partition coefficient (Wildman–Crippen LogP) is 2.61. The zero-order valence-corrected chi connectivity index (χ0v) is 11.9. The molecule has 1 aliphatic heterocycles. The summed E-state index contributed by atoms with van der Waals surface area (Å²) in [5, 5.41) is 11.0. The number of alkyl halides is 3. The van der Waals surface area contributed by atoms with E-state index in [9.17, 15) is 22.8 Å². The number of amides is 2. The van der Waals surface area contributed by atoms with Gasteiger partial charge in [0.2, 0.25) is 0 Å². The highest BCUT2D eigenvalue weighted by atomic mass is 19.4. The number of piperidine rings is 1. The molecule has 0 aliphatic carbocycles. The largest absolute Gasteiger partial charge is 0.481 e. The monoisotopic (exact) mass is 310 g/mol. The second-order valence-electron chi connectivity index (χ2n) is 5.56. The Morgan fingerprint density at radius 1 is 1.43 bits per heavy atom. The summed E-state index contributed by atoms with van der Waals surface area (Å²) < 4.78 is 36.6. The number of aliphatic carboxylic acids is 1. The molecule has 1 aliphatic rings. The van der Waals surface area contributed by atoms with Crippen molar-refractivity contribution >= 4 is 12.0 Å². The van der Waals surface area contributed by atoms with Crippen LogP contribution in [0.2, 0.25) is 0 Å². The zero-order valence-electron chi connectivity index (χ0n) is 11.9. The fourth-order valence-electron chi connectivity index (χ4n) is 2.51. The lowest BCUT2D eigenvalue weighted by atomic mass is 9.93. The number of rotatable bonds is 5. The number of hydrogen-bond donors (Lipinski definition) is 2. The summed E-state index contributed by atoms with van der Waals surface area (Å²) in [6.45, 7) is 2.21. The van der Waals surface area contributed by atoms with E-state index < -0.39 is 30.6 Å². The van der Waals surface area contributed by atoms with Crippen LogP contribution in [0.25, 0.3) is 0 Å². The molecule has 2 unspecified atom stereocenters. The molecule has 1 saturated heterocycles. The van der Waals surface area contributed by atoms with Gasteiger partial charge in [-0.05, 0) is 32.1 Å². The average Bonchev–Trinajstić information content (AvgIpc) is 2.34. The van der Waals surface area contributed by atoms with Crippen molar-refractivity contribution in [2.24, 2.45) is 5.92 Å². The first kappa shape index (κ1) is 17.6. The van der Waals surface area contributed by atoms with Crippen LogP contribution in [0.3, 0.4) is 0 Å². The smallest absolute Gasteiger partial charge is 0.391 e. The number of urea groups is 1. The minimum absolute atomic E-state index is 0.0462. The van der Waals surface area contributed by atoms with Crippen LogP contribution in [0.4, 0.5) is 18.0 Å². The van der Waals surface area contributed by atoms with Crippen molar-refractivity contribution in [3.05, 3.63) is 0 Å². The van der Waals surface area contributed by atoms with Gasteiger partial charge in [0.25, 0.3) is 0 Å². The summed E-state index contributed by atoms with van der Waals surface area (Å²) in [6.07, 6.45) is -3.25. The van der Waals surface area contributed by atoms with Crippen molar-refractivity contribution in [2.45, 2.75) is 51.2 Å². The summed E-state index contributed by atoms with van der Waals surface area (Å²) in [7, 11) is 0. The van der Waals surface area contributed by atoms with Gasteiger partial charge in [-0.25, -0.2) is 4.79 Å². The van der Waals surface area contributed by atoms with Gasteiger partial charge in [-0.2, -0.15) is 13.2 Å². The van der Waals surface area contributed by atoms with Gasteiger partial charge >= 0.3 is 18.2 Å². The van der Waals surface area contributed by atoms with Crippen molar-refractivity contribution in [3.8, 4) is 0 Å². The molecule has 0 bridgehead atoms. The lowest BCUT2D eigenvalue weighted by Crippen LogP contribution is -2.48. The van der Waals surface area contributed by atoms with Crippen molar-refractivity contribution in [1.82, 2.24) is 10.2 Å². The third-order valence-electron chi connectivity index (χ3n) is 3.48. The molecule has 0 radical (unpaired) electrons. The highest BCUT2D eigenvalue weighted by Crippen LogP contribution is 2.23. The number of carbonyl (C=O) groups is 2. The van der Waals surface area contributed by atoms with Crippen LogP contribution in [0.5, 0.6) is 0 Å². The standard InChI is InChI=1S/C13H21F3N2O3/c1-9(7-13(14,15)16)17-12(21)18-6-2-3-10(8-18)4-5-11(19)20/h9-10H,2-8H2,1H3,(H,17,21)(H,19,20). The molecule has 0 spiro atoms. The van der Waals surface area contributed by atoms with Crippen molar-refractivity contribution in [3.63, 3.8) is 0 Å². The quantitative estimate of drug-likeness (QED) is 0.820. The lowest BCUT2D eigenvalue weighted by molar-refractivity contribution is -0.138. The van der Waals surface area contributed by atoms with Crippen LogP contribution in [0.15, 0.2) is 0 Å². The molecule has 0 aromatic heterocycles. The van der Waals surface area contributed by atoms with E-state index in [1.54, 1.807) is 0 Å². The molecule has 2 N–H and O–H groups in total. The molecule has 5 nitrogen and oxygen atoms in total. The Balaban J connectivity index is 2.41. The van der Waals surface area contributed by atoms with E-state index in [-0.39, 0.29) is 12.3 Å². The maximum absolute atomic E-state index is 12.2. The Kier molecular flexibility index (Phi) is 6.29. The molecule has 2 amide bonds. The topological polar surface area (TPSA) is 69.6 Å². The number of likely N-dealkylation sites (tertiary alicyclic amines) is 1. The van der Waals surface area contributed by atoms with E-state index in [0.29, 0.717) is 19.5 Å². The maximum atomic E-state index is 12.2. The molecule has 0 aromatic rings. The van der Waals surface area contributed by atoms with Crippen LogP contribution < -0.4 is 5.32 Å². The van der Waals surface area contributed by atoms with Gasteiger partial charge in [-0.3, -0.25) is 4.79 Å². The Morgan fingerprint density at radius 3 is 2.67 bits per heavy atom. The van der Waals surface area contributed by atoms with Gasteiger partial charge in [0.15, 0.2) is 0 Å². The lowest BCUT2D eigenvalue weighted by Gasteiger charge is -2.33. The highest BCUT2D eigenvalue weighted by molar-refractivity contribution is 5.74. The summed E-state index contributed by atoms with van der Waals surface area (Å²) in [5.41, 5.74) is 0. The zero-order chi connectivity index (χ0) is 16.0. The molecule has 0 aromatic carbocycles. The van der Waals surface area contributed by atoms with Crippen LogP contribution in [-0.4, -0.2) is 47.3 Å².